The molecule has 3 heterocycles. The van der Waals surface area contributed by atoms with E-state index in [9.17, 15) is 19.6 Å². The maximum absolute atomic E-state index is 12.7. The zero-order chi connectivity index (χ0) is 24.8. The normalized spacial score (nSPS) is 12.5. The molecule has 176 valence electrons. The molecule has 0 unspecified atom stereocenters. The number of carbonyl (C=O) groups is 3. The van der Waals surface area contributed by atoms with E-state index >= 15 is 0 Å². The number of ether oxygens (including phenoxy) is 2. The number of pyridine rings is 1. The summed E-state index contributed by atoms with van der Waals surface area (Å²) in [5.41, 5.74) is 2.38. The highest BCUT2D eigenvalue weighted by atomic mass is 32.1. The number of fused-ring (bicyclic) bond motifs is 1. The van der Waals surface area contributed by atoms with Crippen molar-refractivity contribution in [2.45, 2.75) is 13.0 Å². The van der Waals surface area contributed by atoms with Crippen molar-refractivity contribution in [2.24, 2.45) is 0 Å². The number of nitrogens with zero attached hydrogens (tertiary/aromatic N) is 3. The fourth-order valence-electron chi connectivity index (χ4n) is 3.51. The lowest BCUT2D eigenvalue weighted by Gasteiger charge is -2.26. The Morgan fingerprint density at radius 2 is 2.03 bits per heavy atom. The van der Waals surface area contributed by atoms with Crippen LogP contribution < -0.4 is 10.1 Å². The highest BCUT2D eigenvalue weighted by Crippen LogP contribution is 2.37. The third-order valence-corrected chi connectivity index (χ3v) is 6.39. The van der Waals surface area contributed by atoms with E-state index in [1.165, 1.54) is 53.7 Å². The molecule has 0 saturated carbocycles. The summed E-state index contributed by atoms with van der Waals surface area (Å²) in [5, 5.41) is 12.9. The first kappa shape index (κ1) is 23.7. The lowest BCUT2D eigenvalue weighted by Crippen LogP contribution is -2.37. The predicted octanol–water partition coefficient (Wildman–Crippen LogP) is 4.01. The Morgan fingerprint density at radius 3 is 2.71 bits per heavy atom. The van der Waals surface area contributed by atoms with Crippen LogP contribution in [0, 0.1) is 11.3 Å². The van der Waals surface area contributed by atoms with Crippen LogP contribution in [0.15, 0.2) is 54.9 Å². The molecular formula is C25H20N4O5S. The lowest BCUT2D eigenvalue weighted by atomic mass is 10.0. The van der Waals surface area contributed by atoms with E-state index in [2.05, 4.69) is 21.1 Å². The number of amides is 2. The highest BCUT2D eigenvalue weighted by Gasteiger charge is 2.28. The van der Waals surface area contributed by atoms with Crippen molar-refractivity contribution in [3.05, 3.63) is 82.0 Å². The SMILES string of the molecule is COC(=O)c1ccc(OC(=O)N2CCc3c(sc(NC(=O)/C=C/c4cccnc4)c3C#N)C2)cc1. The van der Waals surface area contributed by atoms with Gasteiger partial charge in [0.2, 0.25) is 5.91 Å². The van der Waals surface area contributed by atoms with Gasteiger partial charge in [-0.15, -0.1) is 11.3 Å². The average molecular weight is 489 g/mol. The lowest BCUT2D eigenvalue weighted by molar-refractivity contribution is -0.111. The Kier molecular flexibility index (Phi) is 7.18. The first-order chi connectivity index (χ1) is 17.0. The summed E-state index contributed by atoms with van der Waals surface area (Å²) in [6, 6.07) is 11.8. The molecule has 1 aromatic carbocycles. The van der Waals surface area contributed by atoms with Gasteiger partial charge in [-0.25, -0.2) is 9.59 Å². The fourth-order valence-corrected chi connectivity index (χ4v) is 4.72. The summed E-state index contributed by atoms with van der Waals surface area (Å²) >= 11 is 1.27. The molecule has 2 aromatic heterocycles. The Labute approximate surface area is 205 Å². The predicted molar refractivity (Wildman–Crippen MR) is 129 cm³/mol. The van der Waals surface area contributed by atoms with E-state index in [0.29, 0.717) is 34.8 Å². The van der Waals surface area contributed by atoms with Crippen molar-refractivity contribution in [1.29, 1.82) is 5.26 Å². The van der Waals surface area contributed by atoms with Gasteiger partial charge < -0.3 is 19.7 Å². The summed E-state index contributed by atoms with van der Waals surface area (Å²) in [6.45, 7) is 0.626. The summed E-state index contributed by atoms with van der Waals surface area (Å²) < 4.78 is 10.1. The zero-order valence-corrected chi connectivity index (χ0v) is 19.5. The van der Waals surface area contributed by atoms with Gasteiger partial charge in [-0.05, 0) is 54.0 Å². The van der Waals surface area contributed by atoms with Crippen molar-refractivity contribution < 1.29 is 23.9 Å². The number of esters is 1. The van der Waals surface area contributed by atoms with Crippen LogP contribution in [0.4, 0.5) is 9.80 Å². The molecule has 0 atom stereocenters. The third-order valence-electron chi connectivity index (χ3n) is 5.26. The molecule has 0 bridgehead atoms. The minimum absolute atomic E-state index is 0.259. The first-order valence-electron chi connectivity index (χ1n) is 10.6. The number of methoxy groups -OCH3 is 1. The smallest absolute Gasteiger partial charge is 0.415 e. The summed E-state index contributed by atoms with van der Waals surface area (Å²) in [5.74, 6) is -0.547. The van der Waals surface area contributed by atoms with E-state index in [-0.39, 0.29) is 12.5 Å². The van der Waals surface area contributed by atoms with Crippen LogP contribution in [-0.4, -0.2) is 41.5 Å². The zero-order valence-electron chi connectivity index (χ0n) is 18.7. The molecule has 0 saturated heterocycles. The van der Waals surface area contributed by atoms with Gasteiger partial charge in [0.15, 0.2) is 0 Å². The number of benzene rings is 1. The molecule has 0 fully saturated rings. The number of thiophene rings is 1. The van der Waals surface area contributed by atoms with Crippen LogP contribution in [0.5, 0.6) is 5.75 Å². The largest absolute Gasteiger partial charge is 0.465 e. The Morgan fingerprint density at radius 1 is 1.23 bits per heavy atom. The first-order valence-corrected chi connectivity index (χ1v) is 11.4. The second kappa shape index (κ2) is 10.6. The van der Waals surface area contributed by atoms with Gasteiger partial charge >= 0.3 is 12.1 Å². The van der Waals surface area contributed by atoms with E-state index in [1.807, 2.05) is 6.07 Å². The van der Waals surface area contributed by atoms with Gasteiger partial charge in [0.05, 0.1) is 24.8 Å². The topological polar surface area (TPSA) is 122 Å². The molecule has 35 heavy (non-hydrogen) atoms. The van der Waals surface area contributed by atoms with E-state index in [4.69, 9.17) is 4.74 Å². The van der Waals surface area contributed by atoms with Crippen LogP contribution in [-0.2, 0) is 22.5 Å². The van der Waals surface area contributed by atoms with Crippen LogP contribution in [0.3, 0.4) is 0 Å². The maximum Gasteiger partial charge on any atom is 0.415 e. The number of nitriles is 1. The second-order valence-corrected chi connectivity index (χ2v) is 8.59. The Bertz CT molecular complexity index is 1330. The molecule has 9 nitrogen and oxygen atoms in total. The number of rotatable bonds is 5. The van der Waals surface area contributed by atoms with Crippen molar-refractivity contribution in [2.75, 3.05) is 19.0 Å². The minimum atomic E-state index is -0.543. The number of hydrogen-bond acceptors (Lipinski definition) is 8. The molecule has 1 aliphatic heterocycles. The second-order valence-electron chi connectivity index (χ2n) is 7.48. The van der Waals surface area contributed by atoms with Crippen LogP contribution in [0.1, 0.15) is 31.9 Å². The molecule has 3 aromatic rings. The Balaban J connectivity index is 1.42. The fraction of sp³-hybridized carbons (Fsp3) is 0.160. The number of carbonyl (C=O) groups excluding carboxylic acids is 3. The molecular weight excluding hydrogens is 468 g/mol. The van der Waals surface area contributed by atoms with Crippen LogP contribution in [0.2, 0.25) is 0 Å². The molecule has 1 aliphatic rings. The van der Waals surface area contributed by atoms with Crippen LogP contribution in [0.25, 0.3) is 6.08 Å². The van der Waals surface area contributed by atoms with Gasteiger partial charge in [-0.1, -0.05) is 6.07 Å². The van der Waals surface area contributed by atoms with Gasteiger partial charge in [0, 0.05) is 29.9 Å². The quantitative estimate of drug-likeness (QED) is 0.425. The molecule has 2 amide bonds. The van der Waals surface area contributed by atoms with E-state index in [0.717, 1.165) is 16.0 Å². The third kappa shape index (κ3) is 5.54. The van der Waals surface area contributed by atoms with Crippen molar-refractivity contribution >= 4 is 40.4 Å². The number of aromatic nitrogens is 1. The molecule has 10 heteroatoms. The monoisotopic (exact) mass is 488 g/mol. The molecule has 0 radical (unpaired) electrons. The van der Waals surface area contributed by atoms with E-state index in [1.54, 1.807) is 24.5 Å². The molecule has 1 N–H and O–H groups in total. The number of anilines is 1. The van der Waals surface area contributed by atoms with Gasteiger partial charge in [0.25, 0.3) is 0 Å². The molecule has 4 rings (SSSR count). The Hall–Kier alpha value is -4.49. The van der Waals surface area contributed by atoms with Gasteiger partial charge in [-0.2, -0.15) is 5.26 Å². The standard InChI is InChI=1S/C25H20N4O5S/c1-33-24(31)17-5-7-18(8-6-17)34-25(32)29-12-10-19-20(13-26)23(35-21(19)15-29)28-22(30)9-4-16-3-2-11-27-14-16/h2-9,11,14H,10,12,15H2,1H3,(H,28,30)/b9-4+. The van der Waals surface area contributed by atoms with E-state index < -0.39 is 12.1 Å². The minimum Gasteiger partial charge on any atom is -0.465 e. The van der Waals surface area contributed by atoms with Crippen molar-refractivity contribution in [3.8, 4) is 11.8 Å². The van der Waals surface area contributed by atoms with Crippen molar-refractivity contribution in [3.63, 3.8) is 0 Å². The maximum atomic E-state index is 12.7. The van der Waals surface area contributed by atoms with Gasteiger partial charge in [-0.3, -0.25) is 9.78 Å². The molecule has 0 spiro atoms. The van der Waals surface area contributed by atoms with Crippen molar-refractivity contribution in [1.82, 2.24) is 9.88 Å². The number of hydrogen-bond donors (Lipinski definition) is 1. The highest BCUT2D eigenvalue weighted by molar-refractivity contribution is 7.16. The molecule has 0 aliphatic carbocycles. The summed E-state index contributed by atoms with van der Waals surface area (Å²) in [7, 11) is 1.29. The summed E-state index contributed by atoms with van der Waals surface area (Å²) in [4.78, 5) is 43.0. The van der Waals surface area contributed by atoms with Crippen LogP contribution >= 0.6 is 11.3 Å². The van der Waals surface area contributed by atoms with Gasteiger partial charge in [0.1, 0.15) is 16.8 Å². The average Bonchev–Trinajstić information content (AvgIpc) is 3.24. The number of nitrogens with one attached hydrogen (secondary N) is 1. The summed E-state index contributed by atoms with van der Waals surface area (Å²) in [6.07, 6.45) is 6.22.